The van der Waals surface area contributed by atoms with Crippen molar-refractivity contribution in [2.45, 2.75) is 63.6 Å². The van der Waals surface area contributed by atoms with Gasteiger partial charge in [-0.2, -0.15) is 6.61 Å². The van der Waals surface area contributed by atoms with E-state index in [4.69, 9.17) is 13.9 Å². The minimum Gasteiger partial charge on any atom is -0.541 e. The minimum absolute atomic E-state index is 0. The summed E-state index contributed by atoms with van der Waals surface area (Å²) in [7, 11) is -1.83. The molecule has 0 radical (unpaired) electrons. The van der Waals surface area contributed by atoms with Gasteiger partial charge < -0.3 is 13.9 Å². The van der Waals surface area contributed by atoms with E-state index in [1.165, 1.54) is 0 Å². The molecule has 2 rings (SSSR count). The molecule has 0 spiro atoms. The third-order valence-electron chi connectivity index (χ3n) is 5.06. The summed E-state index contributed by atoms with van der Waals surface area (Å²) in [5.41, 5.74) is -0.373. The first-order chi connectivity index (χ1) is 8.64. The molecule has 0 saturated carbocycles. The Kier molecular flexibility index (Phi) is 5.85. The van der Waals surface area contributed by atoms with Crippen LogP contribution in [0.15, 0.2) is 12.7 Å². The number of fused-ring (bicyclic) bond motifs is 2. The molecule has 3 nitrogen and oxygen atoms in total. The van der Waals surface area contributed by atoms with Crippen molar-refractivity contribution in [2.75, 3.05) is 6.61 Å². The van der Waals surface area contributed by atoms with Crippen LogP contribution in [0.1, 0.15) is 27.7 Å². The second-order valence-corrected chi connectivity index (χ2v) is 12.1. The van der Waals surface area contributed by atoms with E-state index in [1.54, 1.807) is 6.61 Å². The molecule has 2 fully saturated rings. The van der Waals surface area contributed by atoms with Gasteiger partial charge in [0.25, 0.3) is 0 Å². The van der Waals surface area contributed by atoms with Gasteiger partial charge in [0, 0.05) is 37.0 Å². The van der Waals surface area contributed by atoms with Gasteiger partial charge in [0.05, 0.1) is 18.3 Å². The zero-order chi connectivity index (χ0) is 14.5. The summed E-state index contributed by atoms with van der Waals surface area (Å²) in [5.74, 6) is 0.214. The van der Waals surface area contributed by atoms with Crippen LogP contribution in [0.2, 0.25) is 18.1 Å². The smallest absolute Gasteiger partial charge is 0.192 e. The second-order valence-electron chi connectivity index (χ2n) is 7.31. The average Bonchev–Trinajstić information content (AvgIpc) is 2.82. The van der Waals surface area contributed by atoms with Crippen LogP contribution in [0.4, 0.5) is 0 Å². The van der Waals surface area contributed by atoms with Crippen LogP contribution in [0.3, 0.4) is 0 Å². The van der Waals surface area contributed by atoms with Gasteiger partial charge in [0.1, 0.15) is 0 Å². The van der Waals surface area contributed by atoms with Crippen molar-refractivity contribution in [3.8, 4) is 0 Å². The third kappa shape index (κ3) is 3.00. The summed E-state index contributed by atoms with van der Waals surface area (Å²) in [6.07, 6.45) is 1.91. The first-order valence-corrected chi connectivity index (χ1v) is 9.98. The van der Waals surface area contributed by atoms with Crippen LogP contribution in [0.5, 0.6) is 0 Å². The van der Waals surface area contributed by atoms with Gasteiger partial charge in [-0.15, -0.1) is 6.58 Å². The Hall–Kier alpha value is 0.889. The monoisotopic (exact) mass is 521 g/mol. The van der Waals surface area contributed by atoms with Gasteiger partial charge in [0.15, 0.2) is 8.32 Å². The molecule has 0 aliphatic carbocycles. The first-order valence-electron chi connectivity index (χ1n) is 7.07. The molecule has 0 N–H and O–H groups in total. The van der Waals surface area contributed by atoms with Gasteiger partial charge in [-0.3, -0.25) is 0 Å². The van der Waals surface area contributed by atoms with Gasteiger partial charge in [-0.25, -0.2) is 0 Å². The maximum Gasteiger partial charge on any atom is 0.192 e. The van der Waals surface area contributed by atoms with E-state index in [0.29, 0.717) is 6.61 Å². The van der Waals surface area contributed by atoms with Gasteiger partial charge >= 0.3 is 0 Å². The molecular weight excluding hydrogens is 494 g/mol. The predicted molar refractivity (Wildman–Crippen MR) is 79.3 cm³/mol. The average molecular weight is 521 g/mol. The molecule has 0 amide bonds. The van der Waals surface area contributed by atoms with E-state index >= 15 is 0 Å². The predicted octanol–water partition coefficient (Wildman–Crippen LogP) is 3.53. The molecule has 4 atom stereocenters. The van der Waals surface area contributed by atoms with Crippen LogP contribution in [0.25, 0.3) is 0 Å². The van der Waals surface area contributed by atoms with E-state index in [0.717, 1.165) is 0 Å². The summed E-state index contributed by atoms with van der Waals surface area (Å²) in [5, 5.41) is 0.188. The fourth-order valence-corrected chi connectivity index (χ4v) is 3.76. The van der Waals surface area contributed by atoms with Crippen LogP contribution < -0.4 is 0 Å². The molecule has 114 valence electrons. The minimum atomic E-state index is -1.83. The number of rotatable bonds is 4. The van der Waals surface area contributed by atoms with Crippen molar-refractivity contribution < 1.29 is 45.0 Å². The largest absolute Gasteiger partial charge is 0.541 e. The number of hydrogen-bond donors (Lipinski definition) is 0. The first kappa shape index (κ1) is 18.9. The summed E-state index contributed by atoms with van der Waals surface area (Å²) in [6.45, 7) is 19.7. The van der Waals surface area contributed by atoms with E-state index < -0.39 is 8.32 Å². The van der Waals surface area contributed by atoms with E-state index in [-0.39, 0.29) is 59.9 Å². The zero-order valence-corrected chi connectivity index (χ0v) is 18.7. The van der Waals surface area contributed by atoms with Crippen LogP contribution in [-0.4, -0.2) is 32.7 Å². The topological polar surface area (TPSA) is 27.7 Å². The van der Waals surface area contributed by atoms with Gasteiger partial charge in [-0.1, -0.05) is 33.8 Å². The van der Waals surface area contributed by atoms with Crippen molar-refractivity contribution in [3.63, 3.8) is 0 Å². The maximum atomic E-state index is 6.59. The normalized spacial score (nSPS) is 34.7. The Morgan fingerprint density at radius 2 is 2.05 bits per heavy atom. The molecule has 2 heterocycles. The van der Waals surface area contributed by atoms with Crippen molar-refractivity contribution in [3.05, 3.63) is 19.3 Å². The Labute approximate surface area is 148 Å². The summed E-state index contributed by atoms with van der Waals surface area (Å²) in [6, 6.07) is 0. The molecule has 0 aromatic rings. The van der Waals surface area contributed by atoms with Gasteiger partial charge in [-0.05, 0) is 24.2 Å². The second kappa shape index (κ2) is 6.18. The zero-order valence-electron chi connectivity index (χ0n) is 13.5. The SMILES string of the molecule is C=C[C@H](C)[C@@]12CO[C@@H]([CH-]O1)[C@@H]2O[Si](C)(C)C(C)(C)C.[U]. The molecule has 0 aromatic carbocycles. The quantitative estimate of drug-likeness (QED) is 0.322. The fourth-order valence-electron chi connectivity index (χ4n) is 2.44. The molecule has 2 saturated heterocycles. The van der Waals surface area contributed by atoms with Crippen molar-refractivity contribution in [2.24, 2.45) is 5.92 Å². The molecule has 2 bridgehead atoms. The molecule has 20 heavy (non-hydrogen) atoms. The Morgan fingerprint density at radius 1 is 1.45 bits per heavy atom. The van der Waals surface area contributed by atoms with Gasteiger partial charge in [0.2, 0.25) is 0 Å². The standard InChI is InChI=1S/C15H27O3Si.U/c1-8-11(2)15-10-16-12(9-17-15)13(15)18-19(6,7)14(3,4)5;/h8-9,11-13H,1,10H2,2-7H3;/q-1;/t11-,12-,13-,15+;/m0./s1. The van der Waals surface area contributed by atoms with E-state index in [2.05, 4.69) is 47.4 Å². The molecule has 0 aromatic heterocycles. The van der Waals surface area contributed by atoms with E-state index in [1.807, 2.05) is 6.08 Å². The molecule has 2 aliphatic rings. The molecule has 5 heteroatoms. The van der Waals surface area contributed by atoms with Crippen molar-refractivity contribution in [1.29, 1.82) is 0 Å². The maximum absolute atomic E-state index is 6.59. The Bertz CT molecular complexity index is 357. The summed E-state index contributed by atoms with van der Waals surface area (Å²) < 4.78 is 18.3. The van der Waals surface area contributed by atoms with Crippen molar-refractivity contribution in [1.82, 2.24) is 0 Å². The Balaban J connectivity index is 0.00000200. The summed E-state index contributed by atoms with van der Waals surface area (Å²) in [4.78, 5) is 0. The van der Waals surface area contributed by atoms with Crippen LogP contribution in [0, 0.1) is 43.6 Å². The van der Waals surface area contributed by atoms with E-state index in [9.17, 15) is 0 Å². The molecular formula is C15H27O3SiU-. The van der Waals surface area contributed by atoms with Crippen LogP contribution in [-0.2, 0) is 13.9 Å². The molecule has 0 unspecified atom stereocenters. The fraction of sp³-hybridized carbons (Fsp3) is 0.800. The van der Waals surface area contributed by atoms with Crippen molar-refractivity contribution >= 4 is 8.32 Å². The molecule has 2 aliphatic heterocycles. The third-order valence-corrected chi connectivity index (χ3v) is 9.51. The van der Waals surface area contributed by atoms with Crippen LogP contribution >= 0.6 is 0 Å². The Morgan fingerprint density at radius 3 is 2.45 bits per heavy atom. The summed E-state index contributed by atoms with van der Waals surface area (Å²) >= 11 is 0. The number of hydrogen-bond acceptors (Lipinski definition) is 3. The number of ether oxygens (including phenoxy) is 2.